The van der Waals surface area contributed by atoms with Gasteiger partial charge in [-0.2, -0.15) is 0 Å². The fourth-order valence-corrected chi connectivity index (χ4v) is 2.37. The lowest BCUT2D eigenvalue weighted by Crippen LogP contribution is -2.28. The number of ether oxygens (including phenoxy) is 3. The molecular formula is C21H24N2O5. The lowest BCUT2D eigenvalue weighted by atomic mass is 10.1. The van der Waals surface area contributed by atoms with Crippen LogP contribution in [0, 0.1) is 0 Å². The third-order valence-electron chi connectivity index (χ3n) is 3.70. The number of nitrogens with one attached hydrogen (secondary N) is 2. The van der Waals surface area contributed by atoms with Gasteiger partial charge in [0.15, 0.2) is 6.61 Å². The van der Waals surface area contributed by atoms with Gasteiger partial charge < -0.3 is 24.8 Å². The zero-order chi connectivity index (χ0) is 20.4. The van der Waals surface area contributed by atoms with Gasteiger partial charge in [0, 0.05) is 36.0 Å². The smallest absolute Gasteiger partial charge is 0.257 e. The van der Waals surface area contributed by atoms with Crippen LogP contribution in [0.15, 0.2) is 48.5 Å². The highest BCUT2D eigenvalue weighted by atomic mass is 16.5. The van der Waals surface area contributed by atoms with Crippen LogP contribution >= 0.6 is 0 Å². The Morgan fingerprint density at radius 3 is 2.57 bits per heavy atom. The highest BCUT2D eigenvalue weighted by molar-refractivity contribution is 6.02. The number of likely N-dealkylation sites (N-methyl/N-ethyl adjacent to an activating group) is 1. The summed E-state index contributed by atoms with van der Waals surface area (Å²) in [5.74, 6) is 1.25. The average molecular weight is 384 g/mol. The molecule has 28 heavy (non-hydrogen) atoms. The fraction of sp³-hybridized carbons (Fsp3) is 0.238. The summed E-state index contributed by atoms with van der Waals surface area (Å²) in [4.78, 5) is 23.7. The second kappa shape index (κ2) is 10.6. The van der Waals surface area contributed by atoms with E-state index in [4.69, 9.17) is 14.2 Å². The molecule has 0 atom stereocenters. The first-order valence-corrected chi connectivity index (χ1v) is 8.76. The molecule has 0 heterocycles. The van der Waals surface area contributed by atoms with Crippen LogP contribution in [0.5, 0.6) is 17.2 Å². The first-order chi connectivity index (χ1) is 13.5. The summed E-state index contributed by atoms with van der Waals surface area (Å²) in [6.45, 7) is 2.30. The van der Waals surface area contributed by atoms with Crippen LogP contribution < -0.4 is 24.8 Å². The van der Waals surface area contributed by atoms with Crippen LogP contribution in [0.4, 0.5) is 5.69 Å². The largest absolute Gasteiger partial charge is 0.497 e. The van der Waals surface area contributed by atoms with Crippen molar-refractivity contribution < 1.29 is 23.8 Å². The summed E-state index contributed by atoms with van der Waals surface area (Å²) in [5.41, 5.74) is 1.31. The van der Waals surface area contributed by atoms with Gasteiger partial charge in [-0.25, -0.2) is 0 Å². The molecule has 2 aromatic carbocycles. The summed E-state index contributed by atoms with van der Waals surface area (Å²) >= 11 is 0. The van der Waals surface area contributed by atoms with E-state index in [9.17, 15) is 9.59 Å². The molecule has 2 aromatic rings. The number of hydrogen-bond acceptors (Lipinski definition) is 5. The Bertz CT molecular complexity index is 848. The summed E-state index contributed by atoms with van der Waals surface area (Å²) in [5, 5.41) is 5.40. The Morgan fingerprint density at radius 1 is 1.04 bits per heavy atom. The van der Waals surface area contributed by atoms with Gasteiger partial charge in [-0.05, 0) is 37.3 Å². The van der Waals surface area contributed by atoms with Gasteiger partial charge >= 0.3 is 0 Å². The minimum atomic E-state index is -0.307. The highest BCUT2D eigenvalue weighted by Crippen LogP contribution is 2.25. The molecule has 0 aliphatic carbocycles. The quantitative estimate of drug-likeness (QED) is 0.650. The number of amides is 2. The van der Waals surface area contributed by atoms with Crippen LogP contribution in [0.3, 0.4) is 0 Å². The summed E-state index contributed by atoms with van der Waals surface area (Å²) < 4.78 is 15.9. The third kappa shape index (κ3) is 6.35. The van der Waals surface area contributed by atoms with Crippen molar-refractivity contribution in [3.8, 4) is 17.2 Å². The van der Waals surface area contributed by atoms with Crippen molar-refractivity contribution in [2.45, 2.75) is 6.92 Å². The maximum Gasteiger partial charge on any atom is 0.257 e. The van der Waals surface area contributed by atoms with Crippen LogP contribution in [-0.2, 0) is 9.59 Å². The van der Waals surface area contributed by atoms with E-state index in [1.165, 1.54) is 6.08 Å². The van der Waals surface area contributed by atoms with E-state index < -0.39 is 0 Å². The molecule has 148 valence electrons. The van der Waals surface area contributed by atoms with Crippen molar-refractivity contribution in [3.05, 3.63) is 54.1 Å². The van der Waals surface area contributed by atoms with Crippen LogP contribution in [0.25, 0.3) is 6.08 Å². The Hall–Kier alpha value is -3.48. The molecule has 0 radical (unpaired) electrons. The molecule has 0 fully saturated rings. The molecule has 2 N–H and O–H groups in total. The molecule has 0 aromatic heterocycles. The van der Waals surface area contributed by atoms with Gasteiger partial charge in [-0.3, -0.25) is 9.59 Å². The molecule has 0 spiro atoms. The Labute approximate surface area is 164 Å². The van der Waals surface area contributed by atoms with Gasteiger partial charge in [0.2, 0.25) is 5.91 Å². The van der Waals surface area contributed by atoms with E-state index in [0.717, 1.165) is 5.56 Å². The minimum absolute atomic E-state index is 0.0809. The summed E-state index contributed by atoms with van der Waals surface area (Å²) in [7, 11) is 3.13. The molecular weight excluding hydrogens is 360 g/mol. The molecule has 2 rings (SSSR count). The van der Waals surface area contributed by atoms with Gasteiger partial charge in [0.1, 0.15) is 17.2 Å². The number of carbonyl (C=O) groups is 2. The van der Waals surface area contributed by atoms with E-state index in [0.29, 0.717) is 29.5 Å². The predicted molar refractivity (Wildman–Crippen MR) is 108 cm³/mol. The van der Waals surface area contributed by atoms with Crippen LogP contribution in [-0.4, -0.2) is 39.2 Å². The zero-order valence-electron chi connectivity index (χ0n) is 16.2. The van der Waals surface area contributed by atoms with Gasteiger partial charge in [0.25, 0.3) is 5.91 Å². The Kier molecular flexibility index (Phi) is 7.90. The van der Waals surface area contributed by atoms with Gasteiger partial charge in [-0.1, -0.05) is 6.07 Å². The van der Waals surface area contributed by atoms with E-state index in [-0.39, 0.29) is 18.4 Å². The Balaban J connectivity index is 1.98. The highest BCUT2D eigenvalue weighted by Gasteiger charge is 2.05. The number of anilines is 1. The van der Waals surface area contributed by atoms with Crippen molar-refractivity contribution in [3.63, 3.8) is 0 Å². The molecule has 7 nitrogen and oxygen atoms in total. The second-order valence-electron chi connectivity index (χ2n) is 5.70. The standard InChI is InChI=1S/C21H24N2O5/c1-4-22-21(25)14-28-18-7-5-6-16(12-18)23-20(24)11-9-15-8-10-17(26-2)13-19(15)27-3/h5-13H,4,14H2,1-3H3,(H,22,25)(H,23,24)/b11-9+. The van der Waals surface area contributed by atoms with E-state index in [1.54, 1.807) is 62.8 Å². The maximum absolute atomic E-state index is 12.2. The summed E-state index contributed by atoms with van der Waals surface area (Å²) in [6.07, 6.45) is 3.07. The lowest BCUT2D eigenvalue weighted by Gasteiger charge is -2.09. The first kappa shape index (κ1) is 20.8. The molecule has 7 heteroatoms. The molecule has 0 unspecified atom stereocenters. The number of benzene rings is 2. The topological polar surface area (TPSA) is 85.9 Å². The number of hydrogen-bond donors (Lipinski definition) is 2. The average Bonchev–Trinajstić information content (AvgIpc) is 2.71. The predicted octanol–water partition coefficient (Wildman–Crippen LogP) is 2.87. The lowest BCUT2D eigenvalue weighted by molar-refractivity contribution is -0.123. The van der Waals surface area contributed by atoms with Crippen LogP contribution in [0.2, 0.25) is 0 Å². The van der Waals surface area contributed by atoms with Crippen molar-refractivity contribution in [1.82, 2.24) is 5.32 Å². The first-order valence-electron chi connectivity index (χ1n) is 8.76. The molecule has 0 aliphatic rings. The van der Waals surface area contributed by atoms with Crippen molar-refractivity contribution in [1.29, 1.82) is 0 Å². The molecule has 2 amide bonds. The monoisotopic (exact) mass is 384 g/mol. The molecule has 0 saturated carbocycles. The Morgan fingerprint density at radius 2 is 1.86 bits per heavy atom. The number of carbonyl (C=O) groups excluding carboxylic acids is 2. The van der Waals surface area contributed by atoms with E-state index in [2.05, 4.69) is 10.6 Å². The normalized spacial score (nSPS) is 10.4. The maximum atomic E-state index is 12.2. The van der Waals surface area contributed by atoms with Crippen LogP contribution in [0.1, 0.15) is 12.5 Å². The third-order valence-corrected chi connectivity index (χ3v) is 3.70. The number of rotatable bonds is 9. The second-order valence-corrected chi connectivity index (χ2v) is 5.70. The van der Waals surface area contributed by atoms with Crippen molar-refractivity contribution in [2.24, 2.45) is 0 Å². The summed E-state index contributed by atoms with van der Waals surface area (Å²) in [6, 6.07) is 12.2. The van der Waals surface area contributed by atoms with Crippen molar-refractivity contribution >= 4 is 23.6 Å². The minimum Gasteiger partial charge on any atom is -0.497 e. The fourth-order valence-electron chi connectivity index (χ4n) is 2.37. The SMILES string of the molecule is CCNC(=O)COc1cccc(NC(=O)/C=C/c2ccc(OC)cc2OC)c1. The van der Waals surface area contributed by atoms with Crippen molar-refractivity contribution in [2.75, 3.05) is 32.7 Å². The zero-order valence-corrected chi connectivity index (χ0v) is 16.2. The molecule has 0 aliphatic heterocycles. The van der Waals surface area contributed by atoms with E-state index >= 15 is 0 Å². The van der Waals surface area contributed by atoms with Gasteiger partial charge in [0.05, 0.1) is 14.2 Å². The number of methoxy groups -OCH3 is 2. The molecule has 0 bridgehead atoms. The van der Waals surface area contributed by atoms with Gasteiger partial charge in [-0.15, -0.1) is 0 Å². The van der Waals surface area contributed by atoms with E-state index in [1.807, 2.05) is 6.92 Å². The molecule has 0 saturated heterocycles.